The third-order valence-corrected chi connectivity index (χ3v) is 4.77. The molecule has 1 heterocycles. The molecule has 3 heteroatoms. The van der Waals surface area contributed by atoms with Gasteiger partial charge in [0, 0.05) is 12.6 Å². The van der Waals surface area contributed by atoms with Crippen molar-refractivity contribution in [1.29, 1.82) is 0 Å². The molecule has 124 valence electrons. The zero-order valence-corrected chi connectivity index (χ0v) is 13.9. The average Bonchev–Trinajstić information content (AvgIpc) is 2.58. The maximum absolute atomic E-state index is 6.37. The van der Waals surface area contributed by atoms with Crippen molar-refractivity contribution >= 4 is 0 Å². The number of nitrogens with zero attached hydrogens (tertiary/aromatic N) is 1. The van der Waals surface area contributed by atoms with Gasteiger partial charge in [0.15, 0.2) is 0 Å². The van der Waals surface area contributed by atoms with Crippen LogP contribution in [0.4, 0.5) is 0 Å². The Kier molecular flexibility index (Phi) is 6.78. The SMILES string of the molecule is N.NC(CC1CCN(Cc2ccccc2)CC1)c1ccccc1. The Bertz CT molecular complexity index is 548. The zero-order chi connectivity index (χ0) is 15.2. The monoisotopic (exact) mass is 311 g/mol. The molecule has 0 spiro atoms. The maximum atomic E-state index is 6.37. The minimum Gasteiger partial charge on any atom is -0.344 e. The van der Waals surface area contributed by atoms with Gasteiger partial charge in [0.1, 0.15) is 0 Å². The molecule has 1 aliphatic heterocycles. The fourth-order valence-electron chi connectivity index (χ4n) is 3.42. The second-order valence-corrected chi connectivity index (χ2v) is 6.46. The Hall–Kier alpha value is -1.68. The Morgan fingerprint density at radius 3 is 2.09 bits per heavy atom. The van der Waals surface area contributed by atoms with Crippen molar-refractivity contribution in [2.45, 2.75) is 31.8 Å². The Morgan fingerprint density at radius 1 is 0.913 bits per heavy atom. The fraction of sp³-hybridized carbons (Fsp3) is 0.400. The van der Waals surface area contributed by atoms with Crippen LogP contribution in [0.25, 0.3) is 0 Å². The van der Waals surface area contributed by atoms with E-state index in [0.29, 0.717) is 0 Å². The van der Waals surface area contributed by atoms with Crippen LogP contribution in [0.3, 0.4) is 0 Å². The highest BCUT2D eigenvalue weighted by atomic mass is 15.1. The number of piperidine rings is 1. The lowest BCUT2D eigenvalue weighted by atomic mass is 9.88. The Balaban J connectivity index is 0.00000192. The Morgan fingerprint density at radius 2 is 1.48 bits per heavy atom. The van der Waals surface area contributed by atoms with Crippen molar-refractivity contribution in [3.8, 4) is 0 Å². The predicted molar refractivity (Wildman–Crippen MR) is 97.5 cm³/mol. The highest BCUT2D eigenvalue weighted by Gasteiger charge is 2.21. The number of likely N-dealkylation sites (tertiary alicyclic amines) is 1. The number of benzene rings is 2. The predicted octanol–water partition coefficient (Wildman–Crippen LogP) is 4.15. The van der Waals surface area contributed by atoms with E-state index in [1.54, 1.807) is 0 Å². The lowest BCUT2D eigenvalue weighted by Gasteiger charge is -2.33. The van der Waals surface area contributed by atoms with Crippen LogP contribution >= 0.6 is 0 Å². The first-order valence-electron chi connectivity index (χ1n) is 8.38. The van der Waals surface area contributed by atoms with Crippen LogP contribution in [-0.2, 0) is 6.54 Å². The van der Waals surface area contributed by atoms with Gasteiger partial charge in [-0.25, -0.2) is 0 Å². The first-order chi connectivity index (χ1) is 10.8. The van der Waals surface area contributed by atoms with Crippen LogP contribution in [0.1, 0.15) is 36.4 Å². The third-order valence-electron chi connectivity index (χ3n) is 4.77. The fourth-order valence-corrected chi connectivity index (χ4v) is 3.42. The average molecular weight is 311 g/mol. The first kappa shape index (κ1) is 17.7. The summed E-state index contributed by atoms with van der Waals surface area (Å²) >= 11 is 0. The van der Waals surface area contributed by atoms with Gasteiger partial charge >= 0.3 is 0 Å². The second-order valence-electron chi connectivity index (χ2n) is 6.46. The third kappa shape index (κ3) is 5.17. The van der Waals surface area contributed by atoms with Crippen LogP contribution in [0.2, 0.25) is 0 Å². The van der Waals surface area contributed by atoms with Crippen LogP contribution < -0.4 is 11.9 Å². The van der Waals surface area contributed by atoms with Gasteiger partial charge in [0.05, 0.1) is 0 Å². The van der Waals surface area contributed by atoms with E-state index in [4.69, 9.17) is 5.73 Å². The van der Waals surface area contributed by atoms with Crippen molar-refractivity contribution in [2.24, 2.45) is 11.7 Å². The molecule has 5 N–H and O–H groups in total. The van der Waals surface area contributed by atoms with Gasteiger partial charge in [-0.1, -0.05) is 60.7 Å². The van der Waals surface area contributed by atoms with Crippen molar-refractivity contribution in [3.05, 3.63) is 71.8 Å². The molecule has 0 aromatic heterocycles. The molecule has 3 rings (SSSR count). The van der Waals surface area contributed by atoms with Crippen molar-refractivity contribution in [3.63, 3.8) is 0 Å². The summed E-state index contributed by atoms with van der Waals surface area (Å²) in [7, 11) is 0. The molecule has 1 aliphatic rings. The molecule has 0 saturated carbocycles. The highest BCUT2D eigenvalue weighted by molar-refractivity contribution is 5.18. The van der Waals surface area contributed by atoms with Gasteiger partial charge in [0.2, 0.25) is 0 Å². The molecule has 2 aromatic carbocycles. The molecule has 1 atom stereocenters. The van der Waals surface area contributed by atoms with E-state index in [0.717, 1.165) is 18.9 Å². The van der Waals surface area contributed by atoms with E-state index in [9.17, 15) is 0 Å². The van der Waals surface area contributed by atoms with Crippen LogP contribution in [0, 0.1) is 5.92 Å². The number of nitrogens with two attached hydrogens (primary N) is 1. The lowest BCUT2D eigenvalue weighted by molar-refractivity contribution is 0.168. The maximum Gasteiger partial charge on any atom is 0.0297 e. The molecule has 0 amide bonds. The molecule has 3 nitrogen and oxygen atoms in total. The zero-order valence-electron chi connectivity index (χ0n) is 13.9. The molecule has 0 aliphatic carbocycles. The standard InChI is InChI=1S/C20H26N2.H3N/c21-20(19-9-5-2-6-10-19)15-17-11-13-22(14-12-17)16-18-7-3-1-4-8-18;/h1-10,17,20H,11-16,21H2;1H3. The van der Waals surface area contributed by atoms with E-state index in [1.165, 1.54) is 37.1 Å². The van der Waals surface area contributed by atoms with E-state index in [-0.39, 0.29) is 12.2 Å². The highest BCUT2D eigenvalue weighted by Crippen LogP contribution is 2.27. The van der Waals surface area contributed by atoms with Gasteiger partial charge in [-0.05, 0) is 49.4 Å². The summed E-state index contributed by atoms with van der Waals surface area (Å²) < 4.78 is 0. The molecule has 1 saturated heterocycles. The summed E-state index contributed by atoms with van der Waals surface area (Å²) in [5.41, 5.74) is 9.06. The lowest BCUT2D eigenvalue weighted by Crippen LogP contribution is -2.34. The number of rotatable bonds is 5. The van der Waals surface area contributed by atoms with Crippen LogP contribution in [0.15, 0.2) is 60.7 Å². The van der Waals surface area contributed by atoms with Gasteiger partial charge in [-0.2, -0.15) is 0 Å². The Labute approximate surface area is 140 Å². The van der Waals surface area contributed by atoms with Gasteiger partial charge in [-0.15, -0.1) is 0 Å². The molecule has 1 fully saturated rings. The van der Waals surface area contributed by atoms with Gasteiger partial charge < -0.3 is 11.9 Å². The second kappa shape index (κ2) is 8.82. The minimum absolute atomic E-state index is 0. The largest absolute Gasteiger partial charge is 0.344 e. The van der Waals surface area contributed by atoms with E-state index < -0.39 is 0 Å². The quantitative estimate of drug-likeness (QED) is 0.871. The first-order valence-corrected chi connectivity index (χ1v) is 8.38. The van der Waals surface area contributed by atoms with Crippen molar-refractivity contribution in [2.75, 3.05) is 13.1 Å². The molecular formula is C20H29N3. The molecule has 1 unspecified atom stereocenters. The topological polar surface area (TPSA) is 64.3 Å². The van der Waals surface area contributed by atoms with Gasteiger partial charge in [0.25, 0.3) is 0 Å². The molecule has 23 heavy (non-hydrogen) atoms. The summed E-state index contributed by atoms with van der Waals surface area (Å²) in [5, 5.41) is 0. The molecule has 0 bridgehead atoms. The van der Waals surface area contributed by atoms with E-state index in [2.05, 4.69) is 65.6 Å². The van der Waals surface area contributed by atoms with E-state index >= 15 is 0 Å². The van der Waals surface area contributed by atoms with Crippen molar-refractivity contribution in [1.82, 2.24) is 11.1 Å². The number of hydrogen-bond donors (Lipinski definition) is 2. The summed E-state index contributed by atoms with van der Waals surface area (Å²) in [5.74, 6) is 0.766. The smallest absolute Gasteiger partial charge is 0.0297 e. The van der Waals surface area contributed by atoms with Gasteiger partial charge in [-0.3, -0.25) is 4.90 Å². The van der Waals surface area contributed by atoms with Crippen molar-refractivity contribution < 1.29 is 0 Å². The van der Waals surface area contributed by atoms with Crippen LogP contribution in [-0.4, -0.2) is 18.0 Å². The summed E-state index contributed by atoms with van der Waals surface area (Å²) in [6, 6.07) is 21.5. The molecular weight excluding hydrogens is 282 g/mol. The van der Waals surface area contributed by atoms with Crippen LogP contribution in [0.5, 0.6) is 0 Å². The summed E-state index contributed by atoms with van der Waals surface area (Å²) in [6.45, 7) is 3.47. The normalized spacial score (nSPS) is 17.4. The molecule has 2 aromatic rings. The summed E-state index contributed by atoms with van der Waals surface area (Å²) in [4.78, 5) is 2.57. The summed E-state index contributed by atoms with van der Waals surface area (Å²) in [6.07, 6.45) is 3.66. The van der Waals surface area contributed by atoms with E-state index in [1.807, 2.05) is 0 Å². The molecule has 0 radical (unpaired) electrons. The minimum atomic E-state index is 0. The number of hydrogen-bond acceptors (Lipinski definition) is 3.